The number of nitrogens with one attached hydrogen (secondary N) is 1. The molecular formula is C13H15N3. The van der Waals surface area contributed by atoms with Crippen molar-refractivity contribution in [3.63, 3.8) is 0 Å². The zero-order valence-corrected chi connectivity index (χ0v) is 9.49. The quantitative estimate of drug-likeness (QED) is 0.806. The SMILES string of the molecule is Cc1ccc(Nc2ccc(N)c(C)n2)cc1. The summed E-state index contributed by atoms with van der Waals surface area (Å²) in [5.74, 6) is 0.815. The van der Waals surface area contributed by atoms with Gasteiger partial charge in [0, 0.05) is 5.69 Å². The molecule has 0 aliphatic heterocycles. The Kier molecular flexibility index (Phi) is 2.77. The maximum absolute atomic E-state index is 5.71. The third-order valence-corrected chi connectivity index (χ3v) is 2.45. The van der Waals surface area contributed by atoms with Crippen LogP contribution >= 0.6 is 0 Å². The molecule has 0 radical (unpaired) electrons. The van der Waals surface area contributed by atoms with Gasteiger partial charge in [0.1, 0.15) is 5.82 Å². The van der Waals surface area contributed by atoms with E-state index in [0.29, 0.717) is 0 Å². The summed E-state index contributed by atoms with van der Waals surface area (Å²) in [7, 11) is 0. The van der Waals surface area contributed by atoms with E-state index in [1.54, 1.807) is 0 Å². The first-order valence-electron chi connectivity index (χ1n) is 5.22. The highest BCUT2D eigenvalue weighted by Gasteiger charge is 1.98. The predicted octanol–water partition coefficient (Wildman–Crippen LogP) is 3.02. The minimum atomic E-state index is 0.717. The zero-order valence-electron chi connectivity index (χ0n) is 9.49. The normalized spacial score (nSPS) is 10.1. The summed E-state index contributed by atoms with van der Waals surface area (Å²) in [5, 5.41) is 3.23. The zero-order chi connectivity index (χ0) is 11.5. The molecule has 82 valence electrons. The second kappa shape index (κ2) is 4.23. The van der Waals surface area contributed by atoms with Crippen molar-refractivity contribution >= 4 is 17.2 Å². The maximum atomic E-state index is 5.71. The Morgan fingerprint density at radius 2 is 1.69 bits per heavy atom. The average molecular weight is 213 g/mol. The van der Waals surface area contributed by atoms with Gasteiger partial charge >= 0.3 is 0 Å². The fourth-order valence-corrected chi connectivity index (χ4v) is 1.43. The lowest BCUT2D eigenvalue weighted by Crippen LogP contribution is -1.98. The van der Waals surface area contributed by atoms with Gasteiger partial charge in [-0.15, -0.1) is 0 Å². The molecule has 0 amide bonds. The fraction of sp³-hybridized carbons (Fsp3) is 0.154. The van der Waals surface area contributed by atoms with E-state index in [2.05, 4.69) is 29.4 Å². The Morgan fingerprint density at radius 1 is 1.00 bits per heavy atom. The second-order valence-electron chi connectivity index (χ2n) is 3.86. The van der Waals surface area contributed by atoms with Crippen molar-refractivity contribution in [2.75, 3.05) is 11.1 Å². The standard InChI is InChI=1S/C13H15N3/c1-9-3-5-11(6-4-9)16-13-8-7-12(14)10(2)15-13/h3-8H,14H2,1-2H3,(H,15,16). The lowest BCUT2D eigenvalue weighted by molar-refractivity contribution is 1.20. The van der Waals surface area contributed by atoms with Crippen molar-refractivity contribution in [1.82, 2.24) is 4.98 Å². The summed E-state index contributed by atoms with van der Waals surface area (Å²) in [6, 6.07) is 11.9. The molecule has 0 saturated heterocycles. The van der Waals surface area contributed by atoms with Gasteiger partial charge in [-0.2, -0.15) is 0 Å². The van der Waals surface area contributed by atoms with Crippen molar-refractivity contribution in [3.8, 4) is 0 Å². The van der Waals surface area contributed by atoms with Gasteiger partial charge in [-0.3, -0.25) is 0 Å². The molecule has 1 aromatic carbocycles. The van der Waals surface area contributed by atoms with E-state index in [9.17, 15) is 0 Å². The van der Waals surface area contributed by atoms with E-state index in [1.165, 1.54) is 5.56 Å². The Morgan fingerprint density at radius 3 is 2.31 bits per heavy atom. The van der Waals surface area contributed by atoms with Crippen molar-refractivity contribution in [1.29, 1.82) is 0 Å². The first-order chi connectivity index (χ1) is 7.65. The van der Waals surface area contributed by atoms with E-state index in [0.717, 1.165) is 22.9 Å². The van der Waals surface area contributed by atoms with Gasteiger partial charge in [-0.1, -0.05) is 17.7 Å². The minimum Gasteiger partial charge on any atom is -0.397 e. The van der Waals surface area contributed by atoms with Crippen LogP contribution in [-0.4, -0.2) is 4.98 Å². The Labute approximate surface area is 95.3 Å². The minimum absolute atomic E-state index is 0.717. The molecule has 0 aliphatic rings. The Bertz CT molecular complexity index is 489. The monoisotopic (exact) mass is 213 g/mol. The number of hydrogen-bond donors (Lipinski definition) is 2. The number of pyridine rings is 1. The topological polar surface area (TPSA) is 50.9 Å². The van der Waals surface area contributed by atoms with Gasteiger partial charge in [-0.05, 0) is 38.1 Å². The van der Waals surface area contributed by atoms with Crippen LogP contribution in [0.3, 0.4) is 0 Å². The van der Waals surface area contributed by atoms with Gasteiger partial charge in [0.2, 0.25) is 0 Å². The van der Waals surface area contributed by atoms with Gasteiger partial charge in [0.15, 0.2) is 0 Å². The van der Waals surface area contributed by atoms with Crippen LogP contribution in [0.2, 0.25) is 0 Å². The lowest BCUT2D eigenvalue weighted by Gasteiger charge is -2.07. The number of aryl methyl sites for hydroxylation is 2. The summed E-state index contributed by atoms with van der Waals surface area (Å²) in [4.78, 5) is 4.35. The number of nitrogens with zero attached hydrogens (tertiary/aromatic N) is 1. The molecule has 0 spiro atoms. The average Bonchev–Trinajstić information content (AvgIpc) is 2.27. The molecule has 0 atom stereocenters. The summed E-state index contributed by atoms with van der Waals surface area (Å²) >= 11 is 0. The highest BCUT2D eigenvalue weighted by atomic mass is 15.0. The van der Waals surface area contributed by atoms with Crippen LogP contribution in [0, 0.1) is 13.8 Å². The maximum Gasteiger partial charge on any atom is 0.130 e. The third-order valence-electron chi connectivity index (χ3n) is 2.45. The smallest absolute Gasteiger partial charge is 0.130 e. The van der Waals surface area contributed by atoms with Crippen molar-refractivity contribution in [2.24, 2.45) is 0 Å². The van der Waals surface area contributed by atoms with Crippen LogP contribution in [0.15, 0.2) is 36.4 Å². The predicted molar refractivity (Wildman–Crippen MR) is 67.8 cm³/mol. The molecule has 0 fully saturated rings. The van der Waals surface area contributed by atoms with Crippen LogP contribution in [0.4, 0.5) is 17.2 Å². The molecule has 1 heterocycles. The van der Waals surface area contributed by atoms with Crippen molar-refractivity contribution in [3.05, 3.63) is 47.7 Å². The van der Waals surface area contributed by atoms with Crippen LogP contribution in [0.5, 0.6) is 0 Å². The molecule has 0 aliphatic carbocycles. The van der Waals surface area contributed by atoms with Crippen LogP contribution in [0.25, 0.3) is 0 Å². The fourth-order valence-electron chi connectivity index (χ4n) is 1.43. The first kappa shape index (κ1) is 10.5. The number of nitrogens with two attached hydrogens (primary N) is 1. The molecule has 2 aromatic rings. The van der Waals surface area contributed by atoms with Gasteiger partial charge < -0.3 is 11.1 Å². The van der Waals surface area contributed by atoms with Crippen molar-refractivity contribution in [2.45, 2.75) is 13.8 Å². The summed E-state index contributed by atoms with van der Waals surface area (Å²) in [6.45, 7) is 3.96. The Balaban J connectivity index is 2.20. The summed E-state index contributed by atoms with van der Waals surface area (Å²) in [6.07, 6.45) is 0. The molecule has 0 bridgehead atoms. The largest absolute Gasteiger partial charge is 0.397 e. The molecule has 2 rings (SSSR count). The second-order valence-corrected chi connectivity index (χ2v) is 3.86. The highest BCUT2D eigenvalue weighted by Crippen LogP contribution is 2.17. The van der Waals surface area contributed by atoms with E-state index in [4.69, 9.17) is 5.73 Å². The third kappa shape index (κ3) is 2.31. The molecule has 3 heteroatoms. The van der Waals surface area contributed by atoms with E-state index in [1.807, 2.05) is 31.2 Å². The van der Waals surface area contributed by atoms with E-state index in [-0.39, 0.29) is 0 Å². The van der Waals surface area contributed by atoms with E-state index >= 15 is 0 Å². The highest BCUT2D eigenvalue weighted by molar-refractivity contribution is 5.59. The van der Waals surface area contributed by atoms with Gasteiger partial charge in [0.25, 0.3) is 0 Å². The molecular weight excluding hydrogens is 198 g/mol. The van der Waals surface area contributed by atoms with E-state index < -0.39 is 0 Å². The van der Waals surface area contributed by atoms with Crippen LogP contribution < -0.4 is 11.1 Å². The molecule has 16 heavy (non-hydrogen) atoms. The van der Waals surface area contributed by atoms with Gasteiger partial charge in [-0.25, -0.2) is 4.98 Å². The summed E-state index contributed by atoms with van der Waals surface area (Å²) in [5.41, 5.74) is 9.55. The van der Waals surface area contributed by atoms with Gasteiger partial charge in [0.05, 0.1) is 11.4 Å². The molecule has 1 aromatic heterocycles. The van der Waals surface area contributed by atoms with Crippen LogP contribution in [-0.2, 0) is 0 Å². The van der Waals surface area contributed by atoms with Crippen LogP contribution in [0.1, 0.15) is 11.3 Å². The molecule has 0 unspecified atom stereocenters. The molecule has 3 N–H and O–H groups in total. The molecule has 3 nitrogen and oxygen atoms in total. The number of nitrogen functional groups attached to an aromatic ring is 1. The van der Waals surface area contributed by atoms with Crippen molar-refractivity contribution < 1.29 is 0 Å². The first-order valence-corrected chi connectivity index (χ1v) is 5.22. The Hall–Kier alpha value is -2.03. The molecule has 0 saturated carbocycles. The number of hydrogen-bond acceptors (Lipinski definition) is 3. The lowest BCUT2D eigenvalue weighted by atomic mass is 10.2. The number of rotatable bonds is 2. The number of anilines is 3. The summed E-state index contributed by atoms with van der Waals surface area (Å²) < 4.78 is 0. The number of aromatic nitrogens is 1. The number of benzene rings is 1.